The van der Waals surface area contributed by atoms with Crippen LogP contribution in [-0.2, 0) is 0 Å². The zero-order valence-electron chi connectivity index (χ0n) is 11.7. The molecule has 0 saturated carbocycles. The van der Waals surface area contributed by atoms with Crippen LogP contribution in [0.5, 0.6) is 0 Å². The van der Waals surface area contributed by atoms with Crippen LogP contribution in [0.2, 0.25) is 5.02 Å². The van der Waals surface area contributed by atoms with Gasteiger partial charge in [0.25, 0.3) is 0 Å². The Bertz CT molecular complexity index is 500. The minimum Gasteiger partial charge on any atom is -0.309 e. The van der Waals surface area contributed by atoms with Gasteiger partial charge in [-0.3, -0.25) is 4.98 Å². The zero-order chi connectivity index (χ0) is 13.7. The molecule has 0 N–H and O–H groups in total. The van der Waals surface area contributed by atoms with Crippen LogP contribution < -0.4 is 0 Å². The second-order valence-electron chi connectivity index (χ2n) is 4.95. The van der Waals surface area contributed by atoms with Gasteiger partial charge in [0.1, 0.15) is 0 Å². The molecule has 1 unspecified atom stereocenters. The summed E-state index contributed by atoms with van der Waals surface area (Å²) in [7, 11) is 4.19. The molecule has 2 nitrogen and oxygen atoms in total. The van der Waals surface area contributed by atoms with E-state index in [0.29, 0.717) is 5.92 Å². The van der Waals surface area contributed by atoms with Crippen LogP contribution in [0, 0.1) is 0 Å². The second-order valence-corrected chi connectivity index (χ2v) is 5.39. The fraction of sp³-hybridized carbons (Fsp3) is 0.312. The molecule has 1 aromatic carbocycles. The Hall–Kier alpha value is -2.38. The van der Waals surface area contributed by atoms with Crippen molar-refractivity contribution in [1.29, 1.82) is 0 Å². The van der Waals surface area contributed by atoms with E-state index in [1.165, 1.54) is 5.56 Å². The third kappa shape index (κ3) is 4.08. The van der Waals surface area contributed by atoms with Gasteiger partial charge in [-0.2, -0.15) is 0 Å². The molecule has 0 saturated heterocycles. The van der Waals surface area contributed by atoms with Crippen LogP contribution in [0.3, 0.4) is 0 Å². The van der Waals surface area contributed by atoms with E-state index < -0.39 is 0 Å². The van der Waals surface area contributed by atoms with Crippen molar-refractivity contribution < 1.29 is 0 Å². The number of hydrogen-bond acceptors (Lipinski definition) is 2. The molecular formula is C16H19ClN2No. The van der Waals surface area contributed by atoms with Gasteiger partial charge in [-0.05, 0) is 56.9 Å². The number of halogens is 1. The standard InChI is InChI=1S/C16H19ClN2.No/c1-19(2)12-10-15(16-5-3-4-11-18-16)13-6-8-14(17)9-7-13;/h3-9,11,15H,10,12H2,1-2H3;. The van der Waals surface area contributed by atoms with E-state index in [2.05, 4.69) is 42.2 Å². The van der Waals surface area contributed by atoms with Crippen LogP contribution in [0.4, 0.5) is 0 Å². The monoisotopic (exact) mass is 533 g/mol. The molecule has 0 fully saturated rings. The van der Waals surface area contributed by atoms with Gasteiger partial charge in [-0.1, -0.05) is 29.8 Å². The molecule has 0 radical (unpaired) electrons. The van der Waals surface area contributed by atoms with Gasteiger partial charge in [-0.25, -0.2) is 0 Å². The second kappa shape index (κ2) is 7.27. The number of aromatic nitrogens is 1. The van der Waals surface area contributed by atoms with Crippen molar-refractivity contribution in [2.45, 2.75) is 12.3 Å². The van der Waals surface area contributed by atoms with Crippen molar-refractivity contribution in [2.24, 2.45) is 0 Å². The summed E-state index contributed by atoms with van der Waals surface area (Å²) in [5.74, 6) is 0.320. The molecule has 114 valence electrons. The van der Waals surface area contributed by atoms with Crippen LogP contribution in [0.25, 0.3) is 0 Å². The van der Waals surface area contributed by atoms with Gasteiger partial charge in [0.2, 0.25) is 0 Å². The molecule has 4 heteroatoms. The maximum Gasteiger partial charge on any atom is 0.0478 e. The number of nitrogens with zero attached hydrogens (tertiary/aromatic N) is 2. The van der Waals surface area contributed by atoms with E-state index in [1.54, 1.807) is 0 Å². The van der Waals surface area contributed by atoms with Crippen molar-refractivity contribution in [3.8, 4) is 0 Å². The van der Waals surface area contributed by atoms with Gasteiger partial charge in [-0.15, -0.1) is 0 Å². The number of benzene rings is 1. The Morgan fingerprint density at radius 2 is 1.80 bits per heavy atom. The first-order chi connectivity index (χ1) is 9.16. The Kier molecular flexibility index (Phi) is 5.70. The van der Waals surface area contributed by atoms with E-state index in [9.17, 15) is 0 Å². The molecule has 0 amide bonds. The molecule has 0 aliphatic rings. The summed E-state index contributed by atoms with van der Waals surface area (Å²) in [6.07, 6.45) is 2.90. The predicted molar refractivity (Wildman–Crippen MR) is 80.7 cm³/mol. The molecule has 0 aliphatic heterocycles. The molecule has 1 aromatic heterocycles. The van der Waals surface area contributed by atoms with Crippen molar-refractivity contribution in [3.05, 3.63) is 64.9 Å². The summed E-state index contributed by atoms with van der Waals surface area (Å²) >= 11 is 5.97. The maximum atomic E-state index is 5.97. The molecule has 2 aromatic rings. The first kappa shape index (κ1) is 15.7. The first-order valence-corrected chi connectivity index (χ1v) is 6.86. The SMILES string of the molecule is CN(C)CCC(c1ccc(Cl)cc1)c1ccccn1.[No]. The number of hydrogen-bond donors (Lipinski definition) is 0. The summed E-state index contributed by atoms with van der Waals surface area (Å²) in [5.41, 5.74) is 2.39. The van der Waals surface area contributed by atoms with E-state index >= 15 is 0 Å². The van der Waals surface area contributed by atoms with Crippen molar-refractivity contribution in [2.75, 3.05) is 20.6 Å². The largest absolute Gasteiger partial charge is 0.309 e. The molecule has 1 atom stereocenters. The Morgan fingerprint density at radius 1 is 1.10 bits per heavy atom. The molecule has 20 heavy (non-hydrogen) atoms. The summed E-state index contributed by atoms with van der Waals surface area (Å²) in [6.45, 7) is 1.03. The fourth-order valence-electron chi connectivity index (χ4n) is 2.15. The van der Waals surface area contributed by atoms with Crippen molar-refractivity contribution >= 4 is 11.6 Å². The minimum absolute atomic E-state index is 0. The van der Waals surface area contributed by atoms with Crippen LogP contribution in [0.1, 0.15) is 23.6 Å². The predicted octanol–water partition coefficient (Wildman–Crippen LogP) is 3.82. The van der Waals surface area contributed by atoms with Crippen LogP contribution >= 0.6 is 11.6 Å². The topological polar surface area (TPSA) is 16.1 Å². The average Bonchev–Trinajstić information content (AvgIpc) is 2.42. The average molecular weight is 534 g/mol. The summed E-state index contributed by atoms with van der Waals surface area (Å²) < 4.78 is 0. The Labute approximate surface area is 120 Å². The number of pyridine rings is 1. The molecule has 0 aliphatic carbocycles. The summed E-state index contributed by atoms with van der Waals surface area (Å²) in [5, 5.41) is 0.774. The molecule has 0 bridgehead atoms. The molecule has 1 heterocycles. The molecule has 0 spiro atoms. The van der Waals surface area contributed by atoms with Gasteiger partial charge >= 0.3 is 0 Å². The summed E-state index contributed by atoms with van der Waals surface area (Å²) in [4.78, 5) is 6.70. The van der Waals surface area contributed by atoms with Gasteiger partial charge in [0, 0.05) is 22.8 Å². The summed E-state index contributed by atoms with van der Waals surface area (Å²) in [6, 6.07) is 14.2. The molecular weight excluding hydrogens is 515 g/mol. The normalized spacial score (nSPS) is 12.0. The first-order valence-electron chi connectivity index (χ1n) is 6.48. The minimum atomic E-state index is 0. The van der Waals surface area contributed by atoms with Crippen molar-refractivity contribution in [1.82, 2.24) is 9.88 Å². The van der Waals surface area contributed by atoms with E-state index in [4.69, 9.17) is 11.6 Å². The van der Waals surface area contributed by atoms with Crippen LogP contribution in [0.15, 0.2) is 48.7 Å². The van der Waals surface area contributed by atoms with Gasteiger partial charge in [0.05, 0.1) is 0 Å². The number of rotatable bonds is 5. The third-order valence-corrected chi connectivity index (χ3v) is 3.43. The van der Waals surface area contributed by atoms with Gasteiger partial charge < -0.3 is 4.90 Å². The third-order valence-electron chi connectivity index (χ3n) is 3.18. The quantitative estimate of drug-likeness (QED) is 0.581. The fourth-order valence-corrected chi connectivity index (χ4v) is 2.28. The Balaban J connectivity index is 0.00000200. The van der Waals surface area contributed by atoms with E-state index in [0.717, 1.165) is 23.7 Å². The van der Waals surface area contributed by atoms with E-state index in [1.807, 2.05) is 30.5 Å². The smallest absolute Gasteiger partial charge is 0.0478 e. The van der Waals surface area contributed by atoms with Crippen molar-refractivity contribution in [3.63, 3.8) is 0 Å². The zero-order valence-corrected chi connectivity index (χ0v) is 14.6. The van der Waals surface area contributed by atoms with Gasteiger partial charge in [0.15, 0.2) is 0 Å². The Morgan fingerprint density at radius 3 is 2.35 bits per heavy atom. The maximum absolute atomic E-state index is 5.97. The molecule has 2 rings (SSSR count). The van der Waals surface area contributed by atoms with Crippen LogP contribution in [-0.4, -0.2) is 30.5 Å². The van der Waals surface area contributed by atoms with E-state index in [-0.39, 0.29) is 0 Å².